The molecule has 1 saturated heterocycles. The van der Waals surface area contributed by atoms with Crippen molar-refractivity contribution in [2.75, 3.05) is 43.5 Å². The van der Waals surface area contributed by atoms with Crippen LogP contribution in [0.3, 0.4) is 0 Å². The maximum Gasteiger partial charge on any atom is 0.241 e. The van der Waals surface area contributed by atoms with Gasteiger partial charge in [-0.1, -0.05) is 23.7 Å². The molecule has 0 bridgehead atoms. The number of carbonyl (C=O) groups is 1. The van der Waals surface area contributed by atoms with Gasteiger partial charge in [0, 0.05) is 48.6 Å². The van der Waals surface area contributed by atoms with E-state index in [1.54, 1.807) is 19.2 Å². The average molecular weight is 374 g/mol. The van der Waals surface area contributed by atoms with Crippen molar-refractivity contribution in [2.24, 2.45) is 0 Å². The van der Waals surface area contributed by atoms with Gasteiger partial charge in [0.2, 0.25) is 5.91 Å². The van der Waals surface area contributed by atoms with Crippen molar-refractivity contribution >= 4 is 28.9 Å². The zero-order valence-corrected chi connectivity index (χ0v) is 15.9. The normalized spacial score (nSPS) is 16.2. The summed E-state index contributed by atoms with van der Waals surface area (Å²) in [4.78, 5) is 17.1. The molecule has 0 spiro atoms. The van der Waals surface area contributed by atoms with Crippen LogP contribution in [-0.4, -0.2) is 50.1 Å². The van der Waals surface area contributed by atoms with E-state index in [9.17, 15) is 4.79 Å². The molecule has 1 fully saturated rings. The van der Waals surface area contributed by atoms with E-state index in [1.807, 2.05) is 37.3 Å². The number of carbonyl (C=O) groups excluding carboxylic acids is 1. The number of piperazine rings is 1. The number of anilines is 2. The number of nitrogens with zero attached hydrogens (tertiary/aromatic N) is 2. The Hall–Kier alpha value is -2.24. The average Bonchev–Trinajstić information content (AvgIpc) is 2.67. The number of methoxy groups -OCH3 is 1. The minimum Gasteiger partial charge on any atom is -0.497 e. The smallest absolute Gasteiger partial charge is 0.241 e. The SMILES string of the molecule is COc1cccc(N2CCN([C@@H](C)C(=O)Nc3cccc(Cl)c3)CC2)c1. The fourth-order valence-corrected chi connectivity index (χ4v) is 3.34. The number of hydrogen-bond donors (Lipinski definition) is 1. The third-order valence-electron chi connectivity index (χ3n) is 4.75. The molecule has 0 saturated carbocycles. The van der Waals surface area contributed by atoms with Gasteiger partial charge in [0.25, 0.3) is 0 Å². The van der Waals surface area contributed by atoms with Crippen LogP contribution in [0, 0.1) is 0 Å². The molecule has 1 aliphatic rings. The highest BCUT2D eigenvalue weighted by Gasteiger charge is 2.25. The van der Waals surface area contributed by atoms with E-state index in [1.165, 1.54) is 0 Å². The Bertz CT molecular complexity index is 760. The summed E-state index contributed by atoms with van der Waals surface area (Å²) in [6, 6.07) is 15.1. The summed E-state index contributed by atoms with van der Waals surface area (Å²) in [6.45, 7) is 5.37. The first-order valence-corrected chi connectivity index (χ1v) is 9.14. The number of hydrogen-bond acceptors (Lipinski definition) is 4. The van der Waals surface area contributed by atoms with Crippen LogP contribution in [0.1, 0.15) is 6.92 Å². The second kappa shape index (κ2) is 8.43. The highest BCUT2D eigenvalue weighted by molar-refractivity contribution is 6.30. The van der Waals surface area contributed by atoms with Gasteiger partial charge in [-0.3, -0.25) is 9.69 Å². The molecule has 0 aliphatic carbocycles. The maximum absolute atomic E-state index is 12.5. The van der Waals surface area contributed by atoms with Crippen molar-refractivity contribution in [1.82, 2.24) is 4.90 Å². The van der Waals surface area contributed by atoms with E-state index in [0.29, 0.717) is 5.02 Å². The van der Waals surface area contributed by atoms with Crippen LogP contribution >= 0.6 is 11.6 Å². The molecule has 3 rings (SSSR count). The van der Waals surface area contributed by atoms with Gasteiger partial charge >= 0.3 is 0 Å². The Morgan fingerprint density at radius 1 is 1.12 bits per heavy atom. The Morgan fingerprint density at radius 2 is 1.85 bits per heavy atom. The molecule has 6 heteroatoms. The fraction of sp³-hybridized carbons (Fsp3) is 0.350. The van der Waals surface area contributed by atoms with Crippen LogP contribution in [0.15, 0.2) is 48.5 Å². The topological polar surface area (TPSA) is 44.8 Å². The number of ether oxygens (including phenoxy) is 1. The fourth-order valence-electron chi connectivity index (χ4n) is 3.15. The molecule has 1 atom stereocenters. The standard InChI is InChI=1S/C20H24ClN3O2/c1-15(20(25)22-17-6-3-5-16(21)13-17)23-9-11-24(12-10-23)18-7-4-8-19(14-18)26-2/h3-8,13-15H,9-12H2,1-2H3,(H,22,25)/t15-/m0/s1. The summed E-state index contributed by atoms with van der Waals surface area (Å²) < 4.78 is 5.30. The van der Waals surface area contributed by atoms with Crippen LogP contribution in [0.25, 0.3) is 0 Å². The molecule has 1 aliphatic heterocycles. The molecule has 1 amide bonds. The van der Waals surface area contributed by atoms with Crippen molar-refractivity contribution in [3.8, 4) is 5.75 Å². The number of nitrogens with one attached hydrogen (secondary N) is 1. The molecule has 0 radical (unpaired) electrons. The molecule has 1 N–H and O–H groups in total. The van der Waals surface area contributed by atoms with E-state index >= 15 is 0 Å². The molecular weight excluding hydrogens is 350 g/mol. The first-order valence-electron chi connectivity index (χ1n) is 8.76. The van der Waals surface area contributed by atoms with Gasteiger partial charge in [0.05, 0.1) is 13.2 Å². The quantitative estimate of drug-likeness (QED) is 0.871. The molecule has 5 nitrogen and oxygen atoms in total. The summed E-state index contributed by atoms with van der Waals surface area (Å²) in [5.74, 6) is 0.848. The maximum atomic E-state index is 12.5. The molecule has 0 aromatic heterocycles. The van der Waals surface area contributed by atoms with Gasteiger partial charge in [-0.15, -0.1) is 0 Å². The first-order chi connectivity index (χ1) is 12.6. The minimum atomic E-state index is -0.193. The third-order valence-corrected chi connectivity index (χ3v) is 4.99. The van der Waals surface area contributed by atoms with E-state index in [0.717, 1.165) is 43.3 Å². The van der Waals surface area contributed by atoms with E-state index < -0.39 is 0 Å². The lowest BCUT2D eigenvalue weighted by Crippen LogP contribution is -2.52. The van der Waals surface area contributed by atoms with Crippen LogP contribution in [0.2, 0.25) is 5.02 Å². The number of benzene rings is 2. The zero-order valence-electron chi connectivity index (χ0n) is 15.1. The molecule has 138 valence electrons. The van der Waals surface area contributed by atoms with Crippen LogP contribution in [0.4, 0.5) is 11.4 Å². The second-order valence-corrected chi connectivity index (χ2v) is 6.84. The van der Waals surface area contributed by atoms with Crippen LogP contribution in [-0.2, 0) is 4.79 Å². The van der Waals surface area contributed by atoms with Crippen LogP contribution < -0.4 is 15.0 Å². The van der Waals surface area contributed by atoms with Crippen molar-refractivity contribution in [3.63, 3.8) is 0 Å². The molecule has 2 aromatic rings. The van der Waals surface area contributed by atoms with Crippen molar-refractivity contribution in [2.45, 2.75) is 13.0 Å². The monoisotopic (exact) mass is 373 g/mol. The van der Waals surface area contributed by atoms with Gasteiger partial charge < -0.3 is 15.0 Å². The number of halogens is 1. The predicted molar refractivity (Wildman–Crippen MR) is 106 cm³/mol. The van der Waals surface area contributed by atoms with Crippen molar-refractivity contribution in [1.29, 1.82) is 0 Å². The lowest BCUT2D eigenvalue weighted by Gasteiger charge is -2.38. The Morgan fingerprint density at radius 3 is 2.54 bits per heavy atom. The highest BCUT2D eigenvalue weighted by atomic mass is 35.5. The first kappa shape index (κ1) is 18.5. The molecule has 2 aromatic carbocycles. The minimum absolute atomic E-state index is 0.0119. The van der Waals surface area contributed by atoms with Crippen molar-refractivity contribution in [3.05, 3.63) is 53.6 Å². The number of rotatable bonds is 5. The molecule has 26 heavy (non-hydrogen) atoms. The lowest BCUT2D eigenvalue weighted by atomic mass is 10.2. The van der Waals surface area contributed by atoms with E-state index in [2.05, 4.69) is 21.2 Å². The Labute approximate surface area is 159 Å². The van der Waals surface area contributed by atoms with Gasteiger partial charge in [-0.25, -0.2) is 0 Å². The van der Waals surface area contributed by atoms with E-state index in [4.69, 9.17) is 16.3 Å². The largest absolute Gasteiger partial charge is 0.497 e. The van der Waals surface area contributed by atoms with Gasteiger partial charge in [-0.05, 0) is 37.3 Å². The Kier molecular flexibility index (Phi) is 6.01. The Balaban J connectivity index is 1.56. The second-order valence-electron chi connectivity index (χ2n) is 6.40. The summed E-state index contributed by atoms with van der Waals surface area (Å²) in [5, 5.41) is 3.56. The summed E-state index contributed by atoms with van der Waals surface area (Å²) in [5.41, 5.74) is 1.88. The third kappa shape index (κ3) is 4.48. The molecular formula is C20H24ClN3O2. The van der Waals surface area contributed by atoms with Gasteiger partial charge in [-0.2, -0.15) is 0 Å². The molecule has 0 unspecified atom stereocenters. The van der Waals surface area contributed by atoms with Crippen molar-refractivity contribution < 1.29 is 9.53 Å². The summed E-state index contributed by atoms with van der Waals surface area (Å²) in [7, 11) is 1.68. The van der Waals surface area contributed by atoms with Gasteiger partial charge in [0.1, 0.15) is 5.75 Å². The van der Waals surface area contributed by atoms with Gasteiger partial charge in [0.15, 0.2) is 0 Å². The number of amides is 1. The van der Waals surface area contributed by atoms with Crippen LogP contribution in [0.5, 0.6) is 5.75 Å². The summed E-state index contributed by atoms with van der Waals surface area (Å²) in [6.07, 6.45) is 0. The summed E-state index contributed by atoms with van der Waals surface area (Å²) >= 11 is 5.98. The molecule has 1 heterocycles. The van der Waals surface area contributed by atoms with E-state index in [-0.39, 0.29) is 11.9 Å². The highest BCUT2D eigenvalue weighted by Crippen LogP contribution is 2.23. The predicted octanol–water partition coefficient (Wildman–Crippen LogP) is 3.50. The lowest BCUT2D eigenvalue weighted by molar-refractivity contribution is -0.120. The zero-order chi connectivity index (χ0) is 18.5.